The molecule has 0 bridgehead atoms. The summed E-state index contributed by atoms with van der Waals surface area (Å²) in [7, 11) is -4.46. The Labute approximate surface area is 131 Å². The van der Waals surface area contributed by atoms with Gasteiger partial charge in [-0.15, -0.1) is 0 Å². The lowest BCUT2D eigenvalue weighted by molar-refractivity contribution is -0.261. The van der Waals surface area contributed by atoms with E-state index in [2.05, 4.69) is 0 Å². The van der Waals surface area contributed by atoms with Gasteiger partial charge in [0.15, 0.2) is 0 Å². The summed E-state index contributed by atoms with van der Waals surface area (Å²) in [6, 6.07) is 6.15. The molecular formula is C13H18NO8P. The van der Waals surface area contributed by atoms with E-state index in [4.69, 9.17) is 25.0 Å². The molecule has 9 nitrogen and oxygen atoms in total. The Morgan fingerprint density at radius 2 is 1.70 bits per heavy atom. The van der Waals surface area contributed by atoms with Crippen molar-refractivity contribution in [2.45, 2.75) is 30.7 Å². The first-order chi connectivity index (χ1) is 10.7. The van der Waals surface area contributed by atoms with Gasteiger partial charge in [-0.1, -0.05) is 0 Å². The Kier molecular flexibility index (Phi) is 5.43. The van der Waals surface area contributed by atoms with Gasteiger partial charge in [0.25, 0.3) is 0 Å². The van der Waals surface area contributed by atoms with Crippen molar-refractivity contribution in [1.29, 1.82) is 0 Å². The van der Waals surface area contributed by atoms with Crippen LogP contribution in [0.1, 0.15) is 0 Å². The molecule has 0 amide bonds. The lowest BCUT2D eigenvalue weighted by atomic mass is 9.99. The fraction of sp³-hybridized carbons (Fsp3) is 0.385. The van der Waals surface area contributed by atoms with E-state index in [0.717, 1.165) is 6.08 Å². The molecule has 0 aliphatic carbocycles. The molecule has 23 heavy (non-hydrogen) atoms. The van der Waals surface area contributed by atoms with Crippen LogP contribution in [0.25, 0.3) is 0 Å². The smallest absolute Gasteiger partial charge is 0.348 e. The quantitative estimate of drug-likeness (QED) is 0.301. The molecule has 2 rings (SSSR count). The molecule has 5 atom stereocenters. The van der Waals surface area contributed by atoms with Crippen molar-refractivity contribution in [3.05, 3.63) is 36.2 Å². The van der Waals surface area contributed by atoms with Crippen LogP contribution in [0.2, 0.25) is 0 Å². The number of ether oxygens (including phenoxy) is 2. The van der Waals surface area contributed by atoms with Gasteiger partial charge in [0.05, 0.1) is 0 Å². The Balaban J connectivity index is 2.14. The maximum atomic E-state index is 10.8. The second-order valence-electron chi connectivity index (χ2n) is 5.06. The maximum Gasteiger partial charge on any atom is 0.348 e. The number of aliphatic hydroxyl groups excluding tert-OH is 3. The first kappa shape index (κ1) is 17.9. The molecule has 7 N–H and O–H groups in total. The van der Waals surface area contributed by atoms with Crippen LogP contribution in [-0.2, 0) is 9.30 Å². The van der Waals surface area contributed by atoms with Gasteiger partial charge in [-0.3, -0.25) is 4.57 Å². The minimum absolute atomic E-state index is 0.296. The maximum absolute atomic E-state index is 10.8. The number of anilines is 1. The molecule has 1 aliphatic heterocycles. The molecule has 0 spiro atoms. The highest BCUT2D eigenvalue weighted by molar-refractivity contribution is 7.55. The molecule has 10 heteroatoms. The molecule has 0 unspecified atom stereocenters. The van der Waals surface area contributed by atoms with Crippen molar-refractivity contribution in [3.8, 4) is 5.75 Å². The summed E-state index contributed by atoms with van der Waals surface area (Å²) in [6.45, 7) is 0. The Bertz CT molecular complexity index is 600. The van der Waals surface area contributed by atoms with E-state index < -0.39 is 38.3 Å². The zero-order chi connectivity index (χ0) is 17.2. The van der Waals surface area contributed by atoms with Gasteiger partial charge in [-0.05, 0) is 30.3 Å². The monoisotopic (exact) mass is 347 g/mol. The SMILES string of the molecule is Nc1ccc(O[C@H]2O[C@H](/C=C/P(=O)(O)O)[C@@H](O)[C@H](O)[C@@H]2O)cc1. The number of rotatable bonds is 4. The van der Waals surface area contributed by atoms with E-state index in [1.807, 2.05) is 0 Å². The minimum atomic E-state index is -4.46. The molecule has 1 aliphatic rings. The van der Waals surface area contributed by atoms with E-state index >= 15 is 0 Å². The van der Waals surface area contributed by atoms with E-state index in [0.29, 0.717) is 17.3 Å². The second-order valence-corrected chi connectivity index (χ2v) is 6.53. The molecule has 0 radical (unpaired) electrons. The van der Waals surface area contributed by atoms with Crippen molar-refractivity contribution >= 4 is 13.3 Å². The van der Waals surface area contributed by atoms with Gasteiger partial charge >= 0.3 is 7.60 Å². The lowest BCUT2D eigenvalue weighted by Crippen LogP contribution is -2.58. The summed E-state index contributed by atoms with van der Waals surface area (Å²) >= 11 is 0. The van der Waals surface area contributed by atoms with Crippen molar-refractivity contribution in [3.63, 3.8) is 0 Å². The minimum Gasteiger partial charge on any atom is -0.462 e. The number of hydrogen-bond acceptors (Lipinski definition) is 7. The Morgan fingerprint density at radius 1 is 1.09 bits per heavy atom. The average Bonchev–Trinajstić information content (AvgIpc) is 2.48. The zero-order valence-corrected chi connectivity index (χ0v) is 12.7. The highest BCUT2D eigenvalue weighted by Crippen LogP contribution is 2.37. The van der Waals surface area contributed by atoms with Gasteiger partial charge < -0.3 is 40.3 Å². The van der Waals surface area contributed by atoms with Crippen LogP contribution in [0.4, 0.5) is 5.69 Å². The molecular weight excluding hydrogens is 329 g/mol. The van der Waals surface area contributed by atoms with Gasteiger partial charge in [0, 0.05) is 11.5 Å². The second kappa shape index (κ2) is 6.98. The standard InChI is InChI=1S/C13H18NO8P/c14-7-1-3-8(4-2-7)21-13-12(17)11(16)10(15)9(22-13)5-6-23(18,19)20/h1-6,9-13,15-17H,14H2,(H2,18,19,20)/b6-5+/t9-,10-,11+,12+,13+/m1/s1. The fourth-order valence-corrected chi connectivity index (χ4v) is 2.40. The lowest BCUT2D eigenvalue weighted by Gasteiger charge is -2.39. The van der Waals surface area contributed by atoms with Crippen LogP contribution < -0.4 is 10.5 Å². The van der Waals surface area contributed by atoms with Crippen molar-refractivity contribution in [1.82, 2.24) is 0 Å². The Hall–Kier alpha value is -1.45. The molecule has 1 heterocycles. The van der Waals surface area contributed by atoms with Gasteiger partial charge in [0.2, 0.25) is 6.29 Å². The van der Waals surface area contributed by atoms with Crippen molar-refractivity contribution in [2.75, 3.05) is 5.73 Å². The number of aliphatic hydroxyl groups is 3. The van der Waals surface area contributed by atoms with E-state index in [-0.39, 0.29) is 0 Å². The number of hydrogen-bond donors (Lipinski definition) is 6. The van der Waals surface area contributed by atoms with Crippen molar-refractivity contribution < 1.29 is 39.1 Å². The Morgan fingerprint density at radius 3 is 2.26 bits per heavy atom. The summed E-state index contributed by atoms with van der Waals surface area (Å²) in [5.41, 5.74) is 6.04. The van der Waals surface area contributed by atoms with Gasteiger partial charge in [0.1, 0.15) is 30.2 Å². The molecule has 0 saturated carbocycles. The van der Waals surface area contributed by atoms with Gasteiger partial charge in [-0.2, -0.15) is 0 Å². The molecule has 1 aromatic carbocycles. The van der Waals surface area contributed by atoms with Crippen LogP contribution in [0.5, 0.6) is 5.75 Å². The largest absolute Gasteiger partial charge is 0.462 e. The summed E-state index contributed by atoms with van der Waals surface area (Å²) in [6.07, 6.45) is -6.43. The number of nitrogens with two attached hydrogens (primary N) is 1. The third-order valence-electron chi connectivity index (χ3n) is 3.21. The molecule has 1 aromatic rings. The van der Waals surface area contributed by atoms with E-state index in [1.165, 1.54) is 12.1 Å². The molecule has 1 saturated heterocycles. The third kappa shape index (κ3) is 4.76. The summed E-state index contributed by atoms with van der Waals surface area (Å²) in [4.78, 5) is 17.6. The van der Waals surface area contributed by atoms with Crippen LogP contribution in [0.15, 0.2) is 36.2 Å². The number of benzene rings is 1. The first-order valence-corrected chi connectivity index (χ1v) is 8.32. The van der Waals surface area contributed by atoms with Crippen LogP contribution in [0, 0.1) is 0 Å². The average molecular weight is 347 g/mol. The molecule has 0 aromatic heterocycles. The molecule has 1 fully saturated rings. The third-order valence-corrected chi connectivity index (χ3v) is 3.77. The summed E-state index contributed by atoms with van der Waals surface area (Å²) in [5.74, 6) is 0.843. The predicted octanol–water partition coefficient (Wildman–Crippen LogP) is -0.853. The summed E-state index contributed by atoms with van der Waals surface area (Å²) < 4.78 is 21.5. The van der Waals surface area contributed by atoms with Gasteiger partial charge in [-0.25, -0.2) is 0 Å². The van der Waals surface area contributed by atoms with Crippen molar-refractivity contribution in [2.24, 2.45) is 0 Å². The van der Waals surface area contributed by atoms with Crippen LogP contribution in [0.3, 0.4) is 0 Å². The van der Waals surface area contributed by atoms with E-state index in [9.17, 15) is 19.9 Å². The topological polar surface area (TPSA) is 163 Å². The normalized spacial score (nSPS) is 32.1. The highest BCUT2D eigenvalue weighted by Gasteiger charge is 2.44. The zero-order valence-electron chi connectivity index (χ0n) is 11.8. The highest BCUT2D eigenvalue weighted by atomic mass is 31.2. The van der Waals surface area contributed by atoms with E-state index in [1.54, 1.807) is 12.1 Å². The first-order valence-electron chi connectivity index (χ1n) is 6.64. The fourth-order valence-electron chi connectivity index (χ4n) is 2.01. The van der Waals surface area contributed by atoms with Crippen LogP contribution in [-0.4, -0.2) is 55.8 Å². The molecule has 128 valence electrons. The summed E-state index contributed by atoms with van der Waals surface area (Å²) in [5, 5.41) is 29.6. The predicted molar refractivity (Wildman–Crippen MR) is 79.3 cm³/mol. The van der Waals surface area contributed by atoms with Crippen LogP contribution >= 0.6 is 7.60 Å². The number of nitrogen functional groups attached to an aromatic ring is 1.